The summed E-state index contributed by atoms with van der Waals surface area (Å²) in [5, 5.41) is 12.9. The van der Waals surface area contributed by atoms with Gasteiger partial charge in [-0.3, -0.25) is 9.59 Å². The summed E-state index contributed by atoms with van der Waals surface area (Å²) in [6.07, 6.45) is 0. The Morgan fingerprint density at radius 2 is 2.15 bits per heavy atom. The van der Waals surface area contributed by atoms with Crippen LogP contribution in [0.5, 0.6) is 0 Å². The zero-order valence-electron chi connectivity index (χ0n) is 14.1. The van der Waals surface area contributed by atoms with Gasteiger partial charge in [-0.15, -0.1) is 0 Å². The van der Waals surface area contributed by atoms with Crippen LogP contribution in [0.25, 0.3) is 0 Å². The topological polar surface area (TPSA) is 84.9 Å². The lowest BCUT2D eigenvalue weighted by atomic mass is 9.75. The highest BCUT2D eigenvalue weighted by atomic mass is 35.5. The van der Waals surface area contributed by atoms with Crippen LogP contribution in [0.1, 0.15) is 27.0 Å². The van der Waals surface area contributed by atoms with Crippen molar-refractivity contribution in [1.82, 2.24) is 5.32 Å². The smallest absolute Gasteiger partial charge is 0.460 e. The first kappa shape index (κ1) is 18.4. The van der Waals surface area contributed by atoms with Gasteiger partial charge in [0.2, 0.25) is 0 Å². The second-order valence-electron chi connectivity index (χ2n) is 5.95. The first-order valence-corrected chi connectivity index (χ1v) is 8.44. The monoisotopic (exact) mass is 373 g/mol. The number of rotatable bonds is 5. The normalized spacial score (nSPS) is 12.7. The predicted octanol–water partition coefficient (Wildman–Crippen LogP) is 1.34. The van der Waals surface area contributed by atoms with Crippen molar-refractivity contribution in [3.05, 3.63) is 63.7 Å². The third-order valence-electron chi connectivity index (χ3n) is 4.18. The number of fused-ring (bicyclic) bond motifs is 1. The van der Waals surface area contributed by atoms with Gasteiger partial charge in [0.1, 0.15) is 13.2 Å². The molecule has 26 heavy (non-hydrogen) atoms. The van der Waals surface area contributed by atoms with Crippen molar-refractivity contribution in [3.63, 3.8) is 0 Å². The third kappa shape index (κ3) is 4.07. The van der Waals surface area contributed by atoms with Crippen molar-refractivity contribution in [1.29, 1.82) is 0 Å². The summed E-state index contributed by atoms with van der Waals surface area (Å²) in [5.74, 6) is -0.968. The van der Waals surface area contributed by atoms with E-state index in [0.29, 0.717) is 28.2 Å². The summed E-state index contributed by atoms with van der Waals surface area (Å²) in [4.78, 5) is 24.2. The molecule has 0 bridgehead atoms. The molecule has 0 saturated carbocycles. The summed E-state index contributed by atoms with van der Waals surface area (Å²) in [7, 11) is -1.03. The molecule has 0 atom stereocenters. The Bertz CT molecular complexity index is 857. The van der Waals surface area contributed by atoms with E-state index in [1.807, 2.05) is 0 Å². The second-order valence-corrected chi connectivity index (χ2v) is 6.38. The van der Waals surface area contributed by atoms with Gasteiger partial charge in [-0.2, -0.15) is 0 Å². The Morgan fingerprint density at radius 1 is 1.35 bits per heavy atom. The lowest BCUT2D eigenvalue weighted by Crippen LogP contribution is -2.35. The summed E-state index contributed by atoms with van der Waals surface area (Å²) in [5.41, 5.74) is 3.25. The predicted molar refractivity (Wildman–Crippen MR) is 97.2 cm³/mol. The van der Waals surface area contributed by atoms with Gasteiger partial charge in [0.15, 0.2) is 0 Å². The SMILES string of the molecule is Cc1c(C(=O)NCC(=O)OCc2cccc(Cl)c2)ccc2c1B(O)OC2. The van der Waals surface area contributed by atoms with Gasteiger partial charge in [0, 0.05) is 10.6 Å². The average Bonchev–Trinajstić information content (AvgIpc) is 3.00. The Labute approximate surface area is 156 Å². The first-order chi connectivity index (χ1) is 12.5. The van der Waals surface area contributed by atoms with Crippen LogP contribution < -0.4 is 10.8 Å². The lowest BCUT2D eigenvalue weighted by Gasteiger charge is -2.11. The Hall–Kier alpha value is -2.35. The number of nitrogens with one attached hydrogen (secondary N) is 1. The fourth-order valence-corrected chi connectivity index (χ4v) is 3.05. The molecule has 0 aliphatic carbocycles. The molecule has 6 nitrogen and oxygen atoms in total. The van der Waals surface area contributed by atoms with Gasteiger partial charge in [-0.05, 0) is 47.3 Å². The molecule has 1 amide bonds. The van der Waals surface area contributed by atoms with E-state index in [0.717, 1.165) is 11.1 Å². The average molecular weight is 374 g/mol. The van der Waals surface area contributed by atoms with Crippen molar-refractivity contribution in [2.24, 2.45) is 0 Å². The standard InChI is InChI=1S/C18H17BClNO5/c1-11-15(6-5-13-10-26-19(24)17(11)13)18(23)21-8-16(22)25-9-12-3-2-4-14(20)7-12/h2-7,24H,8-10H2,1H3,(H,21,23). The van der Waals surface area contributed by atoms with Crippen LogP contribution >= 0.6 is 11.6 Å². The number of carbonyl (C=O) groups is 2. The highest BCUT2D eigenvalue weighted by Gasteiger charge is 2.31. The molecule has 2 aromatic carbocycles. The number of hydrogen-bond acceptors (Lipinski definition) is 5. The van der Waals surface area contributed by atoms with Gasteiger partial charge < -0.3 is 19.7 Å². The molecular weight excluding hydrogens is 356 g/mol. The van der Waals surface area contributed by atoms with Gasteiger partial charge in [-0.1, -0.05) is 29.8 Å². The maximum Gasteiger partial charge on any atom is 0.492 e. The van der Waals surface area contributed by atoms with Crippen LogP contribution in [0.2, 0.25) is 5.02 Å². The van der Waals surface area contributed by atoms with Crippen LogP contribution in [-0.4, -0.2) is 30.6 Å². The molecule has 0 fully saturated rings. The molecule has 0 unspecified atom stereocenters. The van der Waals surface area contributed by atoms with Crippen molar-refractivity contribution in [2.75, 3.05) is 6.54 Å². The summed E-state index contributed by atoms with van der Waals surface area (Å²) < 4.78 is 10.3. The Balaban J connectivity index is 1.56. The molecule has 1 heterocycles. The molecule has 1 aliphatic heterocycles. The van der Waals surface area contributed by atoms with E-state index in [1.54, 1.807) is 43.3 Å². The highest BCUT2D eigenvalue weighted by molar-refractivity contribution is 6.62. The van der Waals surface area contributed by atoms with Crippen LogP contribution in [0.15, 0.2) is 36.4 Å². The largest absolute Gasteiger partial charge is 0.492 e. The number of carbonyl (C=O) groups excluding carboxylic acids is 2. The molecule has 8 heteroatoms. The van der Waals surface area contributed by atoms with Gasteiger partial charge in [0.25, 0.3) is 5.91 Å². The molecule has 0 saturated heterocycles. The molecule has 2 N–H and O–H groups in total. The molecule has 1 aliphatic rings. The molecule has 0 spiro atoms. The lowest BCUT2D eigenvalue weighted by molar-refractivity contribution is -0.143. The van der Waals surface area contributed by atoms with Crippen LogP contribution in [-0.2, 0) is 27.4 Å². The Kier molecular flexibility index (Phi) is 5.61. The molecule has 2 aromatic rings. The Morgan fingerprint density at radius 3 is 2.92 bits per heavy atom. The van der Waals surface area contributed by atoms with E-state index in [4.69, 9.17) is 21.0 Å². The van der Waals surface area contributed by atoms with E-state index in [2.05, 4.69) is 5.32 Å². The fourth-order valence-electron chi connectivity index (χ4n) is 2.84. The number of hydrogen-bond donors (Lipinski definition) is 2. The van der Waals surface area contributed by atoms with Crippen molar-refractivity contribution in [2.45, 2.75) is 20.1 Å². The number of ether oxygens (including phenoxy) is 1. The summed E-state index contributed by atoms with van der Waals surface area (Å²) >= 11 is 5.87. The maximum atomic E-state index is 12.3. The molecule has 3 rings (SSSR count). The van der Waals surface area contributed by atoms with Crippen molar-refractivity contribution >= 4 is 36.1 Å². The highest BCUT2D eigenvalue weighted by Crippen LogP contribution is 2.16. The van der Waals surface area contributed by atoms with Gasteiger partial charge in [-0.25, -0.2) is 0 Å². The molecule has 0 aromatic heterocycles. The fraction of sp³-hybridized carbons (Fsp3) is 0.222. The van der Waals surface area contributed by atoms with E-state index < -0.39 is 19.0 Å². The second kappa shape index (κ2) is 7.91. The maximum absolute atomic E-state index is 12.3. The summed E-state index contributed by atoms with van der Waals surface area (Å²) in [6, 6.07) is 10.4. The minimum absolute atomic E-state index is 0.0800. The quantitative estimate of drug-likeness (QED) is 0.610. The number of amides is 1. The van der Waals surface area contributed by atoms with E-state index >= 15 is 0 Å². The van der Waals surface area contributed by atoms with Gasteiger partial charge >= 0.3 is 13.1 Å². The third-order valence-corrected chi connectivity index (χ3v) is 4.41. The van der Waals surface area contributed by atoms with Crippen molar-refractivity contribution < 1.29 is 24.0 Å². The minimum atomic E-state index is -1.03. The van der Waals surface area contributed by atoms with Crippen LogP contribution in [0, 0.1) is 6.92 Å². The van der Waals surface area contributed by atoms with Crippen LogP contribution in [0.3, 0.4) is 0 Å². The summed E-state index contributed by atoms with van der Waals surface area (Å²) in [6.45, 7) is 1.88. The molecule has 134 valence electrons. The molecule has 0 radical (unpaired) electrons. The zero-order valence-corrected chi connectivity index (χ0v) is 14.9. The number of esters is 1. The van der Waals surface area contributed by atoms with Gasteiger partial charge in [0.05, 0.1) is 6.61 Å². The van der Waals surface area contributed by atoms with E-state index in [-0.39, 0.29) is 13.2 Å². The molecular formula is C18H17BClNO5. The van der Waals surface area contributed by atoms with E-state index in [1.165, 1.54) is 0 Å². The minimum Gasteiger partial charge on any atom is -0.460 e. The first-order valence-electron chi connectivity index (χ1n) is 8.06. The van der Waals surface area contributed by atoms with Crippen LogP contribution in [0.4, 0.5) is 0 Å². The van der Waals surface area contributed by atoms with Crippen molar-refractivity contribution in [3.8, 4) is 0 Å². The number of benzene rings is 2. The number of halogens is 1. The zero-order chi connectivity index (χ0) is 18.7. The van der Waals surface area contributed by atoms with E-state index in [9.17, 15) is 14.6 Å².